The molecule has 26 heavy (non-hydrogen) atoms. The van der Waals surface area contributed by atoms with Gasteiger partial charge >= 0.3 is 0 Å². The molecule has 0 saturated carbocycles. The molecule has 1 aliphatic rings. The van der Waals surface area contributed by atoms with Crippen LogP contribution in [0.3, 0.4) is 0 Å². The molecule has 1 unspecified atom stereocenters. The number of piperidine rings is 1. The van der Waals surface area contributed by atoms with E-state index in [2.05, 4.69) is 0 Å². The fraction of sp³-hybridized carbons (Fsp3) is 0.368. The predicted molar refractivity (Wildman–Crippen MR) is 95.8 cm³/mol. The maximum absolute atomic E-state index is 12.9. The molecule has 2 aromatic carbocycles. The van der Waals surface area contributed by atoms with Gasteiger partial charge in [-0.2, -0.15) is 4.31 Å². The number of aliphatic hydroxyl groups is 1. The van der Waals surface area contributed by atoms with Crippen molar-refractivity contribution >= 4 is 10.0 Å². The molecule has 7 heteroatoms. The van der Waals surface area contributed by atoms with Gasteiger partial charge in [-0.05, 0) is 61.7 Å². The molecule has 1 fully saturated rings. The molecule has 0 spiro atoms. The van der Waals surface area contributed by atoms with Crippen LogP contribution in [-0.2, 0) is 16.6 Å². The van der Waals surface area contributed by atoms with E-state index in [0.29, 0.717) is 25.1 Å². The van der Waals surface area contributed by atoms with E-state index in [9.17, 15) is 17.9 Å². The van der Waals surface area contributed by atoms with Crippen LogP contribution in [0.1, 0.15) is 25.3 Å². The largest absolute Gasteiger partial charge is 0.489 e. The Bertz CT molecular complexity index is 848. The second kappa shape index (κ2) is 7.34. The molecule has 3 rings (SSSR count). The monoisotopic (exact) mass is 379 g/mol. The van der Waals surface area contributed by atoms with E-state index >= 15 is 0 Å². The normalized spacial score (nSPS) is 21.5. The topological polar surface area (TPSA) is 66.8 Å². The van der Waals surface area contributed by atoms with E-state index in [-0.39, 0.29) is 23.9 Å². The number of β-amino-alcohol motifs (C(OH)–C–C–N with tert-alkyl or cyclic N) is 1. The fourth-order valence-electron chi connectivity index (χ4n) is 2.98. The average molecular weight is 379 g/mol. The highest BCUT2D eigenvalue weighted by atomic mass is 32.2. The highest BCUT2D eigenvalue weighted by Gasteiger charge is 2.35. The fourth-order valence-corrected chi connectivity index (χ4v) is 4.58. The molecule has 0 radical (unpaired) electrons. The first-order chi connectivity index (χ1) is 12.3. The number of rotatable bonds is 5. The molecule has 140 valence electrons. The average Bonchev–Trinajstić information content (AvgIpc) is 2.61. The smallest absolute Gasteiger partial charge is 0.243 e. The van der Waals surface area contributed by atoms with E-state index in [1.54, 1.807) is 31.2 Å². The van der Waals surface area contributed by atoms with Gasteiger partial charge in [0.2, 0.25) is 10.0 Å². The van der Waals surface area contributed by atoms with E-state index in [0.717, 1.165) is 5.56 Å². The van der Waals surface area contributed by atoms with Gasteiger partial charge in [0.1, 0.15) is 18.2 Å². The third-order valence-corrected chi connectivity index (χ3v) is 6.28. The van der Waals surface area contributed by atoms with Crippen LogP contribution in [0.25, 0.3) is 0 Å². The molecular formula is C19H22FNO4S. The molecule has 2 aromatic rings. The first-order valence-electron chi connectivity index (χ1n) is 8.46. The third kappa shape index (κ3) is 4.41. The third-order valence-electron chi connectivity index (χ3n) is 4.42. The Morgan fingerprint density at radius 1 is 1.15 bits per heavy atom. The van der Waals surface area contributed by atoms with Crippen LogP contribution in [-0.4, -0.2) is 36.5 Å². The van der Waals surface area contributed by atoms with E-state index < -0.39 is 15.6 Å². The number of ether oxygens (including phenoxy) is 1. The SMILES string of the molecule is CC1(O)CCCN(S(=O)(=O)c2ccc(OCc3ccc(F)cc3)cc2)C1. The maximum Gasteiger partial charge on any atom is 0.243 e. The first-order valence-corrected chi connectivity index (χ1v) is 9.90. The molecule has 0 bridgehead atoms. The summed E-state index contributed by atoms with van der Waals surface area (Å²) in [5.41, 5.74) is -0.178. The molecule has 1 N–H and O–H groups in total. The van der Waals surface area contributed by atoms with Gasteiger partial charge in [0.25, 0.3) is 0 Å². The summed E-state index contributed by atoms with van der Waals surface area (Å²) in [7, 11) is -3.65. The van der Waals surface area contributed by atoms with Crippen molar-refractivity contribution in [2.24, 2.45) is 0 Å². The minimum Gasteiger partial charge on any atom is -0.489 e. The summed E-state index contributed by atoms with van der Waals surface area (Å²) in [6.45, 7) is 2.42. The summed E-state index contributed by atoms with van der Waals surface area (Å²) >= 11 is 0. The Labute approximate surface area is 153 Å². The summed E-state index contributed by atoms with van der Waals surface area (Å²) < 4.78 is 45.3. The zero-order valence-corrected chi connectivity index (χ0v) is 15.4. The van der Waals surface area contributed by atoms with Gasteiger partial charge in [0.05, 0.1) is 10.5 Å². The van der Waals surface area contributed by atoms with Crippen molar-refractivity contribution in [3.8, 4) is 5.75 Å². The Kier molecular flexibility index (Phi) is 5.32. The van der Waals surface area contributed by atoms with Gasteiger partial charge in [-0.25, -0.2) is 12.8 Å². The van der Waals surface area contributed by atoms with Gasteiger partial charge in [0.15, 0.2) is 0 Å². The molecule has 1 aliphatic heterocycles. The second-order valence-electron chi connectivity index (χ2n) is 6.83. The summed E-state index contributed by atoms with van der Waals surface area (Å²) in [5.74, 6) is 0.221. The molecule has 5 nitrogen and oxygen atoms in total. The van der Waals surface area contributed by atoms with Gasteiger partial charge in [0, 0.05) is 13.1 Å². The van der Waals surface area contributed by atoms with Crippen LogP contribution in [0.2, 0.25) is 0 Å². The van der Waals surface area contributed by atoms with Gasteiger partial charge in [-0.3, -0.25) is 0 Å². The van der Waals surface area contributed by atoms with Crippen LogP contribution < -0.4 is 4.74 Å². The van der Waals surface area contributed by atoms with Gasteiger partial charge < -0.3 is 9.84 Å². The van der Waals surface area contributed by atoms with Crippen LogP contribution in [0.4, 0.5) is 4.39 Å². The molecular weight excluding hydrogens is 357 g/mol. The summed E-state index contributed by atoms with van der Waals surface area (Å²) in [6, 6.07) is 12.2. The van der Waals surface area contributed by atoms with Crippen molar-refractivity contribution in [3.05, 3.63) is 59.9 Å². The van der Waals surface area contributed by atoms with E-state index in [4.69, 9.17) is 4.74 Å². The first kappa shape index (κ1) is 18.8. The van der Waals surface area contributed by atoms with Crippen molar-refractivity contribution in [2.75, 3.05) is 13.1 Å². The van der Waals surface area contributed by atoms with Crippen molar-refractivity contribution in [1.82, 2.24) is 4.31 Å². The maximum atomic E-state index is 12.9. The summed E-state index contributed by atoms with van der Waals surface area (Å²) in [4.78, 5) is 0.171. The number of hydrogen-bond donors (Lipinski definition) is 1. The molecule has 0 amide bonds. The molecule has 1 saturated heterocycles. The molecule has 1 atom stereocenters. The highest BCUT2D eigenvalue weighted by Crippen LogP contribution is 2.27. The summed E-state index contributed by atoms with van der Waals surface area (Å²) in [5, 5.41) is 10.1. The lowest BCUT2D eigenvalue weighted by molar-refractivity contribution is 0.00940. The Morgan fingerprint density at radius 3 is 2.42 bits per heavy atom. The lowest BCUT2D eigenvalue weighted by atomic mass is 9.97. The quantitative estimate of drug-likeness (QED) is 0.867. The zero-order chi connectivity index (χ0) is 18.8. The number of hydrogen-bond acceptors (Lipinski definition) is 4. The van der Waals surface area contributed by atoms with E-state index in [1.807, 2.05) is 0 Å². The standard InChI is InChI=1S/C19H22FNO4S/c1-19(22)11-2-12-21(14-19)26(23,24)18-9-7-17(8-10-18)25-13-15-3-5-16(20)6-4-15/h3-10,22H,2,11-14H2,1H3. The van der Waals surface area contributed by atoms with Crippen LogP contribution >= 0.6 is 0 Å². The zero-order valence-electron chi connectivity index (χ0n) is 14.6. The molecule has 1 heterocycles. The molecule has 0 aliphatic carbocycles. The number of halogens is 1. The van der Waals surface area contributed by atoms with Crippen LogP contribution in [0.15, 0.2) is 53.4 Å². The van der Waals surface area contributed by atoms with Crippen LogP contribution in [0, 0.1) is 5.82 Å². The lowest BCUT2D eigenvalue weighted by Gasteiger charge is -2.35. The number of sulfonamides is 1. The predicted octanol–water partition coefficient (Wildman–Crippen LogP) is 2.94. The lowest BCUT2D eigenvalue weighted by Crippen LogP contribution is -2.48. The van der Waals surface area contributed by atoms with Crippen molar-refractivity contribution in [3.63, 3.8) is 0 Å². The minimum absolute atomic E-state index is 0.0954. The van der Waals surface area contributed by atoms with Crippen molar-refractivity contribution < 1.29 is 22.7 Å². The Balaban J connectivity index is 1.67. The van der Waals surface area contributed by atoms with Crippen LogP contribution in [0.5, 0.6) is 5.75 Å². The Hall–Kier alpha value is -1.96. The minimum atomic E-state index is -3.65. The van der Waals surface area contributed by atoms with E-state index in [1.165, 1.54) is 28.6 Å². The van der Waals surface area contributed by atoms with Crippen molar-refractivity contribution in [2.45, 2.75) is 36.9 Å². The highest BCUT2D eigenvalue weighted by molar-refractivity contribution is 7.89. The number of benzene rings is 2. The second-order valence-corrected chi connectivity index (χ2v) is 8.76. The number of nitrogens with zero attached hydrogens (tertiary/aromatic N) is 1. The molecule has 0 aromatic heterocycles. The van der Waals surface area contributed by atoms with Gasteiger partial charge in [-0.1, -0.05) is 12.1 Å². The Morgan fingerprint density at radius 2 is 1.81 bits per heavy atom. The van der Waals surface area contributed by atoms with Gasteiger partial charge in [-0.15, -0.1) is 0 Å². The van der Waals surface area contributed by atoms with Crippen molar-refractivity contribution in [1.29, 1.82) is 0 Å². The summed E-state index contributed by atoms with van der Waals surface area (Å²) in [6.07, 6.45) is 1.22.